The molecule has 0 amide bonds. The van der Waals surface area contributed by atoms with E-state index in [9.17, 15) is 0 Å². The van der Waals surface area contributed by atoms with Crippen molar-refractivity contribution in [3.8, 4) is 11.3 Å². The number of rotatable bonds is 6. The van der Waals surface area contributed by atoms with Crippen LogP contribution in [0.1, 0.15) is 5.56 Å². The molecule has 0 radical (unpaired) electrons. The summed E-state index contributed by atoms with van der Waals surface area (Å²) in [5.74, 6) is 0. The molecule has 7 heteroatoms. The third kappa shape index (κ3) is 3.15. The minimum absolute atomic E-state index is 0.0793. The monoisotopic (exact) mass is 298 g/mol. The quantitative estimate of drug-likeness (QED) is 0.716. The molecule has 3 aromatic rings. The summed E-state index contributed by atoms with van der Waals surface area (Å²) in [5, 5.41) is 20.9. The molecule has 0 atom stereocenters. The van der Waals surface area contributed by atoms with Gasteiger partial charge in [-0.3, -0.25) is 14.3 Å². The molecule has 114 valence electrons. The van der Waals surface area contributed by atoms with Crippen molar-refractivity contribution in [2.45, 2.75) is 13.1 Å². The minimum Gasteiger partial charge on any atom is -0.394 e. The molecular weight excluding hydrogens is 280 g/mol. The third-order valence-electron chi connectivity index (χ3n) is 3.30. The Balaban J connectivity index is 1.75. The highest BCUT2D eigenvalue weighted by Gasteiger charge is 2.10. The standard InChI is InChI=1S/C15H18N6O/c1-20-10-13(15(19-20)12-2-4-16-5-3-12)8-17-14-9-18-21(11-14)6-7-22/h2-5,9-11,17,22H,6-8H2,1H3. The summed E-state index contributed by atoms with van der Waals surface area (Å²) in [4.78, 5) is 4.04. The highest BCUT2D eigenvalue weighted by Crippen LogP contribution is 2.22. The Morgan fingerprint density at radius 2 is 2.05 bits per heavy atom. The Morgan fingerprint density at radius 1 is 1.23 bits per heavy atom. The van der Waals surface area contributed by atoms with Crippen molar-refractivity contribution >= 4 is 5.69 Å². The van der Waals surface area contributed by atoms with Crippen LogP contribution in [-0.2, 0) is 20.1 Å². The lowest BCUT2D eigenvalue weighted by Crippen LogP contribution is -2.02. The summed E-state index contributed by atoms with van der Waals surface area (Å²) in [6.45, 7) is 1.23. The molecule has 0 spiro atoms. The van der Waals surface area contributed by atoms with E-state index in [1.807, 2.05) is 36.3 Å². The van der Waals surface area contributed by atoms with Crippen molar-refractivity contribution < 1.29 is 5.11 Å². The molecule has 0 aliphatic rings. The molecule has 0 aromatic carbocycles. The van der Waals surface area contributed by atoms with E-state index in [1.54, 1.807) is 23.3 Å². The fourth-order valence-corrected chi connectivity index (χ4v) is 2.30. The molecule has 0 fully saturated rings. The highest BCUT2D eigenvalue weighted by molar-refractivity contribution is 5.62. The Labute approximate surface area is 128 Å². The molecule has 0 saturated heterocycles. The van der Waals surface area contributed by atoms with E-state index >= 15 is 0 Å². The average molecular weight is 298 g/mol. The Bertz CT molecular complexity index is 734. The van der Waals surface area contributed by atoms with E-state index in [1.165, 1.54) is 0 Å². The van der Waals surface area contributed by atoms with E-state index in [2.05, 4.69) is 20.5 Å². The summed E-state index contributed by atoms with van der Waals surface area (Å²) in [6, 6.07) is 3.90. The third-order valence-corrected chi connectivity index (χ3v) is 3.30. The van der Waals surface area contributed by atoms with Crippen LogP contribution in [0.25, 0.3) is 11.3 Å². The van der Waals surface area contributed by atoms with Crippen LogP contribution >= 0.6 is 0 Å². The second kappa shape index (κ2) is 6.40. The second-order valence-corrected chi connectivity index (χ2v) is 4.98. The van der Waals surface area contributed by atoms with Gasteiger partial charge in [0.25, 0.3) is 0 Å². The van der Waals surface area contributed by atoms with E-state index in [4.69, 9.17) is 5.11 Å². The molecule has 0 unspecified atom stereocenters. The Hall–Kier alpha value is -2.67. The van der Waals surface area contributed by atoms with Gasteiger partial charge in [0.05, 0.1) is 30.7 Å². The molecular formula is C15H18N6O. The molecule has 0 aliphatic heterocycles. The lowest BCUT2D eigenvalue weighted by atomic mass is 10.1. The number of nitrogens with zero attached hydrogens (tertiary/aromatic N) is 5. The predicted molar refractivity (Wildman–Crippen MR) is 83.1 cm³/mol. The van der Waals surface area contributed by atoms with Crippen LogP contribution in [0.3, 0.4) is 0 Å². The normalized spacial score (nSPS) is 10.8. The minimum atomic E-state index is 0.0793. The lowest BCUT2D eigenvalue weighted by Gasteiger charge is -2.04. The number of hydrogen-bond acceptors (Lipinski definition) is 5. The molecule has 0 bridgehead atoms. The van der Waals surface area contributed by atoms with Crippen molar-refractivity contribution in [3.63, 3.8) is 0 Å². The van der Waals surface area contributed by atoms with Gasteiger partial charge in [0, 0.05) is 49.5 Å². The fourth-order valence-electron chi connectivity index (χ4n) is 2.30. The van der Waals surface area contributed by atoms with Crippen molar-refractivity contribution in [2.24, 2.45) is 7.05 Å². The van der Waals surface area contributed by atoms with Crippen molar-refractivity contribution in [2.75, 3.05) is 11.9 Å². The van der Waals surface area contributed by atoms with Gasteiger partial charge in [-0.1, -0.05) is 0 Å². The molecule has 22 heavy (non-hydrogen) atoms. The van der Waals surface area contributed by atoms with Crippen LogP contribution < -0.4 is 5.32 Å². The Morgan fingerprint density at radius 3 is 2.82 bits per heavy atom. The van der Waals surface area contributed by atoms with Crippen LogP contribution in [-0.4, -0.2) is 36.3 Å². The highest BCUT2D eigenvalue weighted by atomic mass is 16.3. The van der Waals surface area contributed by atoms with Gasteiger partial charge in [0.15, 0.2) is 0 Å². The number of pyridine rings is 1. The van der Waals surface area contributed by atoms with Crippen molar-refractivity contribution in [1.29, 1.82) is 0 Å². The Kier molecular flexibility index (Phi) is 4.15. The summed E-state index contributed by atoms with van der Waals surface area (Å²) < 4.78 is 3.51. The topological polar surface area (TPSA) is 80.8 Å². The summed E-state index contributed by atoms with van der Waals surface area (Å²) in [5.41, 5.74) is 4.00. The molecule has 2 N–H and O–H groups in total. The summed E-state index contributed by atoms with van der Waals surface area (Å²) in [6.07, 6.45) is 9.15. The summed E-state index contributed by atoms with van der Waals surface area (Å²) in [7, 11) is 1.91. The molecule has 7 nitrogen and oxygen atoms in total. The van der Waals surface area contributed by atoms with Gasteiger partial charge < -0.3 is 10.4 Å². The zero-order valence-electron chi connectivity index (χ0n) is 12.3. The maximum absolute atomic E-state index is 8.90. The zero-order chi connectivity index (χ0) is 15.4. The van der Waals surface area contributed by atoms with Crippen LogP contribution in [0.4, 0.5) is 5.69 Å². The maximum atomic E-state index is 8.90. The average Bonchev–Trinajstić information content (AvgIpc) is 3.13. The first-order valence-corrected chi connectivity index (χ1v) is 7.06. The van der Waals surface area contributed by atoms with Gasteiger partial charge in [-0.05, 0) is 12.1 Å². The van der Waals surface area contributed by atoms with E-state index in [0.717, 1.165) is 22.5 Å². The van der Waals surface area contributed by atoms with Gasteiger partial charge in [0.1, 0.15) is 0 Å². The van der Waals surface area contributed by atoms with Gasteiger partial charge in [-0.25, -0.2) is 0 Å². The molecule has 3 aromatic heterocycles. The van der Waals surface area contributed by atoms with Crippen molar-refractivity contribution in [1.82, 2.24) is 24.5 Å². The van der Waals surface area contributed by atoms with Gasteiger partial charge in [0.2, 0.25) is 0 Å². The number of aryl methyl sites for hydroxylation is 1. The second-order valence-electron chi connectivity index (χ2n) is 4.98. The number of aliphatic hydroxyl groups is 1. The van der Waals surface area contributed by atoms with E-state index < -0.39 is 0 Å². The predicted octanol–water partition coefficient (Wildman–Crippen LogP) is 1.28. The summed E-state index contributed by atoms with van der Waals surface area (Å²) >= 11 is 0. The smallest absolute Gasteiger partial charge is 0.0973 e. The van der Waals surface area contributed by atoms with Crippen LogP contribution in [0.2, 0.25) is 0 Å². The molecule has 0 aliphatic carbocycles. The van der Waals surface area contributed by atoms with Crippen molar-refractivity contribution in [3.05, 3.63) is 48.7 Å². The fraction of sp³-hybridized carbons (Fsp3) is 0.267. The number of anilines is 1. The lowest BCUT2D eigenvalue weighted by molar-refractivity contribution is 0.269. The maximum Gasteiger partial charge on any atom is 0.0973 e. The van der Waals surface area contributed by atoms with Gasteiger partial charge >= 0.3 is 0 Å². The van der Waals surface area contributed by atoms with Gasteiger partial charge in [-0.2, -0.15) is 10.2 Å². The first-order valence-electron chi connectivity index (χ1n) is 7.06. The van der Waals surface area contributed by atoms with Gasteiger partial charge in [-0.15, -0.1) is 0 Å². The molecule has 0 saturated carbocycles. The van der Waals surface area contributed by atoms with Crippen LogP contribution in [0.5, 0.6) is 0 Å². The first-order chi connectivity index (χ1) is 10.8. The number of hydrogen-bond donors (Lipinski definition) is 2. The van der Waals surface area contributed by atoms with E-state index in [-0.39, 0.29) is 6.61 Å². The molecule has 3 heterocycles. The number of aromatic nitrogens is 5. The number of aliphatic hydroxyl groups excluding tert-OH is 1. The van der Waals surface area contributed by atoms with Crippen LogP contribution in [0.15, 0.2) is 43.1 Å². The largest absolute Gasteiger partial charge is 0.394 e. The first kappa shape index (κ1) is 14.3. The zero-order valence-corrected chi connectivity index (χ0v) is 12.3. The van der Waals surface area contributed by atoms with E-state index in [0.29, 0.717) is 13.1 Å². The molecule has 3 rings (SSSR count). The SMILES string of the molecule is Cn1cc(CNc2cnn(CCO)c2)c(-c2ccncc2)n1. The number of nitrogens with one attached hydrogen (secondary N) is 1. The van der Waals surface area contributed by atoms with Crippen LogP contribution in [0, 0.1) is 0 Å².